The van der Waals surface area contributed by atoms with E-state index in [-0.39, 0.29) is 0 Å². The van der Waals surface area contributed by atoms with Crippen molar-refractivity contribution in [1.29, 1.82) is 0 Å². The van der Waals surface area contributed by atoms with Gasteiger partial charge in [-0.25, -0.2) is 9.37 Å². The van der Waals surface area contributed by atoms with Crippen LogP contribution in [0.4, 0.5) is 10.2 Å². The lowest BCUT2D eigenvalue weighted by Crippen LogP contribution is -2.34. The lowest BCUT2D eigenvalue weighted by molar-refractivity contribution is 0.276. The van der Waals surface area contributed by atoms with Crippen molar-refractivity contribution in [1.82, 2.24) is 9.97 Å². The van der Waals surface area contributed by atoms with E-state index in [1.807, 2.05) is 6.07 Å². The van der Waals surface area contributed by atoms with E-state index >= 15 is 0 Å². The van der Waals surface area contributed by atoms with E-state index in [2.05, 4.69) is 14.9 Å². The molecule has 94 valence electrons. The van der Waals surface area contributed by atoms with E-state index in [1.54, 1.807) is 18.3 Å². The van der Waals surface area contributed by atoms with Gasteiger partial charge >= 0.3 is 0 Å². The highest BCUT2D eigenvalue weighted by atomic mass is 35.5. The molecule has 1 fully saturated rings. The van der Waals surface area contributed by atoms with Gasteiger partial charge in [-0.15, -0.1) is 0 Å². The first kappa shape index (κ1) is 11.7. The molecular weight excluding hydrogens is 253 g/mol. The molecule has 0 unspecified atom stereocenters. The van der Waals surface area contributed by atoms with Gasteiger partial charge in [-0.05, 0) is 31.0 Å². The monoisotopic (exact) mass is 265 g/mol. The summed E-state index contributed by atoms with van der Waals surface area (Å²) in [7, 11) is 0. The van der Waals surface area contributed by atoms with Gasteiger partial charge in [0, 0.05) is 18.1 Å². The van der Waals surface area contributed by atoms with Gasteiger partial charge in [-0.3, -0.25) is 4.98 Å². The molecule has 5 heteroatoms. The molecule has 0 N–H and O–H groups in total. The average Bonchev–Trinajstić information content (AvgIpc) is 2.39. The number of halogens is 2. The summed E-state index contributed by atoms with van der Waals surface area (Å²) in [5.74, 6) is 0.816. The van der Waals surface area contributed by atoms with Crippen LogP contribution in [0.3, 0.4) is 0 Å². The van der Waals surface area contributed by atoms with Crippen molar-refractivity contribution in [3.63, 3.8) is 0 Å². The Hall–Kier alpha value is -1.42. The number of hydrogen-bond acceptors (Lipinski definition) is 3. The van der Waals surface area contributed by atoms with Crippen LogP contribution in [-0.4, -0.2) is 29.2 Å². The molecule has 0 radical (unpaired) electrons. The third kappa shape index (κ3) is 2.25. The van der Waals surface area contributed by atoms with Gasteiger partial charge in [0.25, 0.3) is 0 Å². The molecule has 1 aliphatic rings. The Labute approximate surface area is 110 Å². The van der Waals surface area contributed by atoms with Gasteiger partial charge in [-0.1, -0.05) is 11.6 Å². The first-order valence-electron chi connectivity index (χ1n) is 6.04. The lowest BCUT2D eigenvalue weighted by atomic mass is 10.1. The molecule has 1 aromatic heterocycles. The Kier molecular flexibility index (Phi) is 3.04. The molecule has 0 atom stereocenters. The van der Waals surface area contributed by atoms with Crippen molar-refractivity contribution in [2.75, 3.05) is 18.0 Å². The summed E-state index contributed by atoms with van der Waals surface area (Å²) in [6, 6.07) is 5.45. The first-order chi connectivity index (χ1) is 8.72. The van der Waals surface area contributed by atoms with Crippen molar-refractivity contribution in [3.8, 4) is 0 Å². The molecule has 1 aromatic carbocycles. The zero-order valence-corrected chi connectivity index (χ0v) is 10.6. The molecule has 0 bridgehead atoms. The molecule has 18 heavy (non-hydrogen) atoms. The third-order valence-electron chi connectivity index (χ3n) is 3.24. The van der Waals surface area contributed by atoms with Crippen LogP contribution in [0.15, 0.2) is 24.4 Å². The highest BCUT2D eigenvalue weighted by molar-refractivity contribution is 6.31. The minimum Gasteiger partial charge on any atom is -0.355 e. The molecule has 2 aromatic rings. The number of aromatic nitrogens is 2. The summed E-state index contributed by atoms with van der Waals surface area (Å²) in [4.78, 5) is 11.0. The summed E-state index contributed by atoms with van der Waals surface area (Å²) in [6.07, 6.45) is 2.20. The molecule has 3 nitrogen and oxygen atoms in total. The Morgan fingerprint density at radius 1 is 1.22 bits per heavy atom. The van der Waals surface area contributed by atoms with Gasteiger partial charge in [0.1, 0.15) is 12.0 Å². The molecule has 1 saturated heterocycles. The van der Waals surface area contributed by atoms with E-state index in [9.17, 15) is 4.39 Å². The van der Waals surface area contributed by atoms with Crippen molar-refractivity contribution in [2.45, 2.75) is 19.0 Å². The highest BCUT2D eigenvalue weighted by Gasteiger charge is 2.19. The van der Waals surface area contributed by atoms with E-state index in [4.69, 9.17) is 11.6 Å². The molecule has 0 spiro atoms. The summed E-state index contributed by atoms with van der Waals surface area (Å²) in [6.45, 7) is 1.41. The topological polar surface area (TPSA) is 29.0 Å². The number of benzene rings is 1. The number of rotatable bonds is 1. The maximum absolute atomic E-state index is 13.1. The normalized spacial score (nSPS) is 17.3. The SMILES string of the molecule is FC1CCN(c2cnc3cc(Cl)ccc3n2)CC1. The summed E-state index contributed by atoms with van der Waals surface area (Å²) in [5.41, 5.74) is 1.60. The lowest BCUT2D eigenvalue weighted by Gasteiger charge is -2.29. The number of alkyl halides is 1. The second-order valence-electron chi connectivity index (χ2n) is 4.52. The van der Waals surface area contributed by atoms with Gasteiger partial charge in [0.2, 0.25) is 0 Å². The van der Waals surface area contributed by atoms with Crippen molar-refractivity contribution >= 4 is 28.5 Å². The fourth-order valence-corrected chi connectivity index (χ4v) is 2.37. The van der Waals surface area contributed by atoms with Crippen LogP contribution in [0, 0.1) is 0 Å². The maximum atomic E-state index is 13.1. The molecule has 2 heterocycles. The number of nitrogens with zero attached hydrogens (tertiary/aromatic N) is 3. The van der Waals surface area contributed by atoms with E-state index < -0.39 is 6.17 Å². The Balaban J connectivity index is 1.91. The summed E-state index contributed by atoms with van der Waals surface area (Å²) < 4.78 is 13.1. The fourth-order valence-electron chi connectivity index (χ4n) is 2.20. The van der Waals surface area contributed by atoms with Crippen LogP contribution in [0.2, 0.25) is 5.02 Å². The molecule has 0 amide bonds. The first-order valence-corrected chi connectivity index (χ1v) is 6.41. The second-order valence-corrected chi connectivity index (χ2v) is 4.96. The van der Waals surface area contributed by atoms with E-state index in [0.717, 1.165) is 16.9 Å². The van der Waals surface area contributed by atoms with Crippen LogP contribution in [0.25, 0.3) is 11.0 Å². The third-order valence-corrected chi connectivity index (χ3v) is 3.48. The second kappa shape index (κ2) is 4.69. The Bertz CT molecular complexity index is 567. The largest absolute Gasteiger partial charge is 0.355 e. The number of hydrogen-bond donors (Lipinski definition) is 0. The zero-order chi connectivity index (χ0) is 12.5. The predicted molar refractivity (Wildman–Crippen MR) is 70.9 cm³/mol. The average molecular weight is 266 g/mol. The summed E-state index contributed by atoms with van der Waals surface area (Å²) in [5, 5.41) is 0.655. The smallest absolute Gasteiger partial charge is 0.147 e. The van der Waals surface area contributed by atoms with Crippen LogP contribution < -0.4 is 4.90 Å². The van der Waals surface area contributed by atoms with Crippen molar-refractivity contribution in [3.05, 3.63) is 29.4 Å². The zero-order valence-electron chi connectivity index (χ0n) is 9.81. The van der Waals surface area contributed by atoms with Gasteiger partial charge < -0.3 is 4.90 Å². The maximum Gasteiger partial charge on any atom is 0.147 e. The highest BCUT2D eigenvalue weighted by Crippen LogP contribution is 2.22. The Morgan fingerprint density at radius 2 is 2.00 bits per heavy atom. The van der Waals surface area contributed by atoms with Crippen LogP contribution in [0.5, 0.6) is 0 Å². The van der Waals surface area contributed by atoms with Crippen LogP contribution in [0.1, 0.15) is 12.8 Å². The fraction of sp³-hybridized carbons (Fsp3) is 0.385. The number of fused-ring (bicyclic) bond motifs is 1. The standard InChI is InChI=1S/C13H13ClFN3/c14-9-1-2-11-12(7-9)16-8-13(17-11)18-5-3-10(15)4-6-18/h1-2,7-8,10H,3-6H2. The van der Waals surface area contributed by atoms with Crippen LogP contribution >= 0.6 is 11.6 Å². The minimum absolute atomic E-state index is 0.570. The van der Waals surface area contributed by atoms with Crippen molar-refractivity contribution < 1.29 is 4.39 Å². The molecule has 1 aliphatic heterocycles. The molecule has 3 rings (SSSR count). The molecular formula is C13H13ClFN3. The van der Waals surface area contributed by atoms with Gasteiger partial charge in [-0.2, -0.15) is 0 Å². The number of anilines is 1. The molecule has 0 saturated carbocycles. The summed E-state index contributed by atoms with van der Waals surface area (Å²) >= 11 is 5.90. The quantitative estimate of drug-likeness (QED) is 0.793. The van der Waals surface area contributed by atoms with Gasteiger partial charge in [0.15, 0.2) is 0 Å². The minimum atomic E-state index is -0.673. The number of piperidine rings is 1. The predicted octanol–water partition coefficient (Wildman–Crippen LogP) is 3.22. The van der Waals surface area contributed by atoms with Crippen LogP contribution in [-0.2, 0) is 0 Å². The van der Waals surface area contributed by atoms with Gasteiger partial charge in [0.05, 0.1) is 17.2 Å². The van der Waals surface area contributed by atoms with E-state index in [1.165, 1.54) is 0 Å². The Morgan fingerprint density at radius 3 is 2.78 bits per heavy atom. The van der Waals surface area contributed by atoms with E-state index in [0.29, 0.717) is 31.0 Å². The van der Waals surface area contributed by atoms with Crippen molar-refractivity contribution in [2.24, 2.45) is 0 Å². The molecule has 0 aliphatic carbocycles.